The Hall–Kier alpha value is -1.75. The molecule has 5 heteroatoms. The highest BCUT2D eigenvalue weighted by atomic mass is 19.1. The standard InChI is InChI=1S/C10H11FN4/c11-8-1-3-9(4-2-8)15-10(5-6-12)13-7-14-15/h1-4,7H,5-6,12H2. The van der Waals surface area contributed by atoms with Crippen molar-refractivity contribution < 1.29 is 4.39 Å². The van der Waals surface area contributed by atoms with E-state index < -0.39 is 0 Å². The highest BCUT2D eigenvalue weighted by Crippen LogP contribution is 2.09. The first kappa shape index (κ1) is 9.79. The SMILES string of the molecule is NCCc1ncnn1-c1ccc(F)cc1. The van der Waals surface area contributed by atoms with Gasteiger partial charge in [-0.15, -0.1) is 0 Å². The minimum absolute atomic E-state index is 0.265. The van der Waals surface area contributed by atoms with Crippen molar-refractivity contribution in [1.82, 2.24) is 14.8 Å². The van der Waals surface area contributed by atoms with Gasteiger partial charge in [-0.3, -0.25) is 0 Å². The Morgan fingerprint density at radius 3 is 2.67 bits per heavy atom. The molecule has 0 atom stereocenters. The first-order chi connectivity index (χ1) is 7.31. The van der Waals surface area contributed by atoms with Gasteiger partial charge in [-0.1, -0.05) is 0 Å². The van der Waals surface area contributed by atoms with E-state index in [-0.39, 0.29) is 5.82 Å². The van der Waals surface area contributed by atoms with Gasteiger partial charge in [0.1, 0.15) is 18.0 Å². The van der Waals surface area contributed by atoms with E-state index in [1.165, 1.54) is 18.5 Å². The molecule has 0 radical (unpaired) electrons. The Morgan fingerprint density at radius 2 is 2.00 bits per heavy atom. The Bertz CT molecular complexity index is 435. The van der Waals surface area contributed by atoms with Crippen molar-refractivity contribution in [2.45, 2.75) is 6.42 Å². The van der Waals surface area contributed by atoms with E-state index in [1.807, 2.05) is 0 Å². The molecule has 0 saturated heterocycles. The second-order valence-corrected chi connectivity index (χ2v) is 3.10. The lowest BCUT2D eigenvalue weighted by molar-refractivity contribution is 0.626. The highest BCUT2D eigenvalue weighted by Gasteiger charge is 2.05. The number of nitrogens with zero attached hydrogens (tertiary/aromatic N) is 3. The summed E-state index contributed by atoms with van der Waals surface area (Å²) < 4.78 is 14.4. The number of nitrogens with two attached hydrogens (primary N) is 1. The number of benzene rings is 1. The van der Waals surface area contributed by atoms with Gasteiger partial charge >= 0.3 is 0 Å². The summed E-state index contributed by atoms with van der Waals surface area (Å²) in [4.78, 5) is 4.08. The number of hydrogen-bond donors (Lipinski definition) is 1. The van der Waals surface area contributed by atoms with Crippen LogP contribution in [0.4, 0.5) is 4.39 Å². The Balaban J connectivity index is 2.36. The smallest absolute Gasteiger partial charge is 0.138 e. The molecule has 0 amide bonds. The molecule has 1 aromatic heterocycles. The summed E-state index contributed by atoms with van der Waals surface area (Å²) in [6, 6.07) is 6.10. The molecule has 78 valence electrons. The number of aromatic nitrogens is 3. The van der Waals surface area contributed by atoms with Crippen molar-refractivity contribution in [3.63, 3.8) is 0 Å². The zero-order valence-corrected chi connectivity index (χ0v) is 8.10. The number of rotatable bonds is 3. The summed E-state index contributed by atoms with van der Waals surface area (Å²) in [5.41, 5.74) is 6.24. The van der Waals surface area contributed by atoms with E-state index in [0.717, 1.165) is 11.5 Å². The molecule has 15 heavy (non-hydrogen) atoms. The van der Waals surface area contributed by atoms with Gasteiger partial charge in [0.2, 0.25) is 0 Å². The van der Waals surface area contributed by atoms with E-state index in [1.54, 1.807) is 16.8 Å². The minimum atomic E-state index is -0.265. The predicted molar refractivity (Wildman–Crippen MR) is 54.1 cm³/mol. The molecular weight excluding hydrogens is 195 g/mol. The fraction of sp³-hybridized carbons (Fsp3) is 0.200. The van der Waals surface area contributed by atoms with Gasteiger partial charge in [0, 0.05) is 6.42 Å². The molecule has 1 heterocycles. The van der Waals surface area contributed by atoms with Crippen molar-refractivity contribution >= 4 is 0 Å². The lowest BCUT2D eigenvalue weighted by Crippen LogP contribution is -2.09. The maximum atomic E-state index is 12.7. The van der Waals surface area contributed by atoms with Crippen LogP contribution in [0.2, 0.25) is 0 Å². The van der Waals surface area contributed by atoms with Crippen LogP contribution in [0.25, 0.3) is 5.69 Å². The molecule has 2 N–H and O–H groups in total. The van der Waals surface area contributed by atoms with Gasteiger partial charge in [-0.2, -0.15) is 5.10 Å². The van der Waals surface area contributed by atoms with Gasteiger partial charge < -0.3 is 5.73 Å². The first-order valence-corrected chi connectivity index (χ1v) is 4.66. The monoisotopic (exact) mass is 206 g/mol. The molecule has 2 rings (SSSR count). The van der Waals surface area contributed by atoms with Crippen LogP contribution < -0.4 is 5.73 Å². The Labute approximate surface area is 86.6 Å². The zero-order chi connectivity index (χ0) is 10.7. The topological polar surface area (TPSA) is 56.7 Å². The molecule has 0 saturated carbocycles. The van der Waals surface area contributed by atoms with Crippen molar-refractivity contribution in [1.29, 1.82) is 0 Å². The van der Waals surface area contributed by atoms with Crippen LogP contribution in [0.3, 0.4) is 0 Å². The third-order valence-corrected chi connectivity index (χ3v) is 2.06. The summed E-state index contributed by atoms with van der Waals surface area (Å²) in [5, 5.41) is 4.06. The van der Waals surface area contributed by atoms with E-state index in [9.17, 15) is 4.39 Å². The van der Waals surface area contributed by atoms with Crippen LogP contribution >= 0.6 is 0 Å². The lowest BCUT2D eigenvalue weighted by atomic mass is 10.3. The average molecular weight is 206 g/mol. The molecule has 2 aromatic rings. The van der Waals surface area contributed by atoms with Gasteiger partial charge in [-0.05, 0) is 30.8 Å². The molecule has 0 spiro atoms. The third-order valence-electron chi connectivity index (χ3n) is 2.06. The number of halogens is 1. The van der Waals surface area contributed by atoms with Gasteiger partial charge in [0.25, 0.3) is 0 Å². The highest BCUT2D eigenvalue weighted by molar-refractivity contribution is 5.31. The molecular formula is C10H11FN4. The van der Waals surface area contributed by atoms with Crippen molar-refractivity contribution in [2.24, 2.45) is 5.73 Å². The summed E-state index contributed by atoms with van der Waals surface area (Å²) in [6.45, 7) is 0.514. The van der Waals surface area contributed by atoms with Crippen molar-refractivity contribution in [3.05, 3.63) is 42.2 Å². The zero-order valence-electron chi connectivity index (χ0n) is 8.10. The van der Waals surface area contributed by atoms with Crippen LogP contribution in [0.5, 0.6) is 0 Å². The van der Waals surface area contributed by atoms with Gasteiger partial charge in [0.05, 0.1) is 5.69 Å². The summed E-state index contributed by atoms with van der Waals surface area (Å²) in [6.07, 6.45) is 2.12. The maximum Gasteiger partial charge on any atom is 0.138 e. The van der Waals surface area contributed by atoms with E-state index in [0.29, 0.717) is 13.0 Å². The number of hydrogen-bond acceptors (Lipinski definition) is 3. The van der Waals surface area contributed by atoms with Crippen LogP contribution in [-0.4, -0.2) is 21.3 Å². The fourth-order valence-corrected chi connectivity index (χ4v) is 1.36. The van der Waals surface area contributed by atoms with Crippen LogP contribution in [-0.2, 0) is 6.42 Å². The molecule has 4 nitrogen and oxygen atoms in total. The molecule has 0 aliphatic rings. The molecule has 0 aliphatic heterocycles. The summed E-state index contributed by atoms with van der Waals surface area (Å²) >= 11 is 0. The largest absolute Gasteiger partial charge is 0.330 e. The predicted octanol–water partition coefficient (Wildman–Crippen LogP) is 0.908. The molecule has 0 aliphatic carbocycles. The molecule has 0 bridgehead atoms. The van der Waals surface area contributed by atoms with Gasteiger partial charge in [-0.25, -0.2) is 14.1 Å². The second kappa shape index (κ2) is 4.18. The quantitative estimate of drug-likeness (QED) is 0.812. The molecule has 0 unspecified atom stereocenters. The lowest BCUT2D eigenvalue weighted by Gasteiger charge is -2.04. The normalized spacial score (nSPS) is 10.5. The summed E-state index contributed by atoms with van der Waals surface area (Å²) in [7, 11) is 0. The summed E-state index contributed by atoms with van der Waals surface area (Å²) in [5.74, 6) is 0.517. The van der Waals surface area contributed by atoms with Crippen molar-refractivity contribution in [2.75, 3.05) is 6.54 Å². The second-order valence-electron chi connectivity index (χ2n) is 3.10. The third kappa shape index (κ3) is 2.02. The molecule has 0 fully saturated rings. The average Bonchev–Trinajstić information content (AvgIpc) is 2.68. The van der Waals surface area contributed by atoms with Crippen molar-refractivity contribution in [3.8, 4) is 5.69 Å². The van der Waals surface area contributed by atoms with Crippen LogP contribution in [0.15, 0.2) is 30.6 Å². The van der Waals surface area contributed by atoms with Crippen LogP contribution in [0, 0.1) is 5.82 Å². The van der Waals surface area contributed by atoms with E-state index in [4.69, 9.17) is 5.73 Å². The fourth-order valence-electron chi connectivity index (χ4n) is 1.36. The van der Waals surface area contributed by atoms with Gasteiger partial charge in [0.15, 0.2) is 0 Å². The maximum absolute atomic E-state index is 12.7. The Morgan fingerprint density at radius 1 is 1.27 bits per heavy atom. The first-order valence-electron chi connectivity index (χ1n) is 4.66. The van der Waals surface area contributed by atoms with E-state index in [2.05, 4.69) is 10.1 Å². The minimum Gasteiger partial charge on any atom is -0.330 e. The van der Waals surface area contributed by atoms with E-state index >= 15 is 0 Å². The molecule has 1 aromatic carbocycles. The van der Waals surface area contributed by atoms with Crippen LogP contribution in [0.1, 0.15) is 5.82 Å². The Kier molecular flexibility index (Phi) is 2.73.